The van der Waals surface area contributed by atoms with Crippen LogP contribution < -0.4 is 9.64 Å². The molecule has 1 aromatic carbocycles. The first-order chi connectivity index (χ1) is 9.41. The molecule has 0 N–H and O–H groups in total. The van der Waals surface area contributed by atoms with Crippen LogP contribution in [0.5, 0.6) is 5.75 Å². The Morgan fingerprint density at radius 1 is 1.35 bits per heavy atom. The lowest BCUT2D eigenvalue weighted by Gasteiger charge is -2.35. The zero-order chi connectivity index (χ0) is 14.9. The zero-order valence-corrected chi connectivity index (χ0v) is 12.3. The smallest absolute Gasteiger partial charge is 0.268 e. The molecule has 0 fully saturated rings. The molecule has 0 aromatic heterocycles. The molecule has 108 valence electrons. The number of hydrogen-bond acceptors (Lipinski definition) is 3. The van der Waals surface area contributed by atoms with Gasteiger partial charge in [0.2, 0.25) is 5.91 Å². The Hall–Kier alpha value is -2.04. The summed E-state index contributed by atoms with van der Waals surface area (Å²) in [6, 6.07) is 7.31. The highest BCUT2D eigenvalue weighted by Crippen LogP contribution is 2.35. The molecule has 2 rings (SSSR count). The summed E-state index contributed by atoms with van der Waals surface area (Å²) in [6.07, 6.45) is -0.542. The van der Waals surface area contributed by atoms with Crippen LogP contribution in [0.25, 0.3) is 0 Å². The Morgan fingerprint density at radius 2 is 2.00 bits per heavy atom. The molecule has 20 heavy (non-hydrogen) atoms. The van der Waals surface area contributed by atoms with Gasteiger partial charge in [-0.25, -0.2) is 0 Å². The standard InChI is InChI=1S/C15H20N2O3/c1-10(2)14-15(19)17(9-13(18)16(3)4)11-7-5-6-8-12(11)20-14/h5-8,10,14H,9H2,1-4H3/t14-/m1/s1. The van der Waals surface area contributed by atoms with Crippen LogP contribution >= 0.6 is 0 Å². The molecule has 5 heteroatoms. The van der Waals surface area contributed by atoms with Gasteiger partial charge in [0.1, 0.15) is 12.3 Å². The van der Waals surface area contributed by atoms with Gasteiger partial charge < -0.3 is 9.64 Å². The van der Waals surface area contributed by atoms with Crippen molar-refractivity contribution in [1.29, 1.82) is 0 Å². The minimum Gasteiger partial charge on any atom is -0.478 e. The number of hydrogen-bond donors (Lipinski definition) is 0. The molecule has 1 aromatic rings. The predicted octanol–water partition coefficient (Wildman–Crippen LogP) is 1.52. The molecule has 0 bridgehead atoms. The van der Waals surface area contributed by atoms with E-state index in [1.165, 1.54) is 9.80 Å². The van der Waals surface area contributed by atoms with E-state index in [0.717, 1.165) is 0 Å². The Kier molecular flexibility index (Phi) is 3.97. The second kappa shape index (κ2) is 5.53. The van der Waals surface area contributed by atoms with E-state index in [2.05, 4.69) is 0 Å². The topological polar surface area (TPSA) is 49.9 Å². The van der Waals surface area contributed by atoms with Crippen LogP contribution in [0.4, 0.5) is 5.69 Å². The van der Waals surface area contributed by atoms with Crippen molar-refractivity contribution in [3.05, 3.63) is 24.3 Å². The summed E-state index contributed by atoms with van der Waals surface area (Å²) < 4.78 is 5.76. The van der Waals surface area contributed by atoms with Crippen LogP contribution in [0.1, 0.15) is 13.8 Å². The molecule has 0 unspecified atom stereocenters. The van der Waals surface area contributed by atoms with Crippen LogP contribution in [0.15, 0.2) is 24.3 Å². The number of ether oxygens (including phenoxy) is 1. The van der Waals surface area contributed by atoms with E-state index in [9.17, 15) is 9.59 Å². The largest absolute Gasteiger partial charge is 0.478 e. The van der Waals surface area contributed by atoms with Gasteiger partial charge in [-0.2, -0.15) is 0 Å². The van der Waals surface area contributed by atoms with E-state index in [0.29, 0.717) is 11.4 Å². The van der Waals surface area contributed by atoms with Crippen molar-refractivity contribution >= 4 is 17.5 Å². The number of benzene rings is 1. The molecular weight excluding hydrogens is 256 g/mol. The first-order valence-electron chi connectivity index (χ1n) is 6.69. The van der Waals surface area contributed by atoms with E-state index < -0.39 is 6.10 Å². The fraction of sp³-hybridized carbons (Fsp3) is 0.467. The van der Waals surface area contributed by atoms with E-state index in [1.54, 1.807) is 20.2 Å². The van der Waals surface area contributed by atoms with Gasteiger partial charge in [-0.05, 0) is 18.1 Å². The third-order valence-corrected chi connectivity index (χ3v) is 3.32. The van der Waals surface area contributed by atoms with E-state index in [4.69, 9.17) is 4.74 Å². The van der Waals surface area contributed by atoms with Gasteiger partial charge in [0.15, 0.2) is 6.10 Å². The number of anilines is 1. The number of carbonyl (C=O) groups excluding carboxylic acids is 2. The maximum Gasteiger partial charge on any atom is 0.268 e. The molecule has 2 amide bonds. The Labute approximate surface area is 119 Å². The quantitative estimate of drug-likeness (QED) is 0.841. The van der Waals surface area contributed by atoms with Crippen LogP contribution in [0, 0.1) is 5.92 Å². The second-order valence-electron chi connectivity index (χ2n) is 5.46. The van der Waals surface area contributed by atoms with Gasteiger partial charge in [-0.1, -0.05) is 26.0 Å². The van der Waals surface area contributed by atoms with Gasteiger partial charge in [-0.15, -0.1) is 0 Å². The van der Waals surface area contributed by atoms with E-state index >= 15 is 0 Å². The van der Waals surface area contributed by atoms with Crippen LogP contribution in [-0.2, 0) is 9.59 Å². The minimum atomic E-state index is -0.542. The Balaban J connectivity index is 2.36. The summed E-state index contributed by atoms with van der Waals surface area (Å²) in [5.74, 6) is 0.427. The van der Waals surface area contributed by atoms with Crippen molar-refractivity contribution in [3.8, 4) is 5.75 Å². The maximum atomic E-state index is 12.5. The number of fused-ring (bicyclic) bond motifs is 1. The van der Waals surface area contributed by atoms with Crippen molar-refractivity contribution in [2.24, 2.45) is 5.92 Å². The number of para-hydroxylation sites is 2. The fourth-order valence-corrected chi connectivity index (χ4v) is 2.10. The van der Waals surface area contributed by atoms with Crippen molar-refractivity contribution in [1.82, 2.24) is 4.90 Å². The van der Waals surface area contributed by atoms with Gasteiger partial charge in [0, 0.05) is 14.1 Å². The summed E-state index contributed by atoms with van der Waals surface area (Å²) >= 11 is 0. The maximum absolute atomic E-state index is 12.5. The predicted molar refractivity (Wildman–Crippen MR) is 76.7 cm³/mol. The third kappa shape index (κ3) is 2.61. The zero-order valence-electron chi connectivity index (χ0n) is 12.3. The first-order valence-corrected chi connectivity index (χ1v) is 6.69. The molecule has 1 atom stereocenters. The number of carbonyl (C=O) groups is 2. The molecule has 0 radical (unpaired) electrons. The molecule has 0 aliphatic carbocycles. The van der Waals surface area contributed by atoms with Gasteiger partial charge in [0.25, 0.3) is 5.91 Å². The molecule has 1 heterocycles. The Morgan fingerprint density at radius 3 is 2.60 bits per heavy atom. The molecule has 1 aliphatic heterocycles. The van der Waals surface area contributed by atoms with Crippen LogP contribution in [-0.4, -0.2) is 43.5 Å². The summed E-state index contributed by atoms with van der Waals surface area (Å²) in [7, 11) is 3.36. The SMILES string of the molecule is CC(C)[C@H]1Oc2ccccc2N(CC(=O)N(C)C)C1=O. The molecule has 0 saturated heterocycles. The monoisotopic (exact) mass is 276 g/mol. The molecule has 0 spiro atoms. The summed E-state index contributed by atoms with van der Waals surface area (Å²) in [6.45, 7) is 3.90. The summed E-state index contributed by atoms with van der Waals surface area (Å²) in [4.78, 5) is 27.5. The number of rotatable bonds is 3. The van der Waals surface area contributed by atoms with Crippen molar-refractivity contribution in [2.45, 2.75) is 20.0 Å². The van der Waals surface area contributed by atoms with Gasteiger partial charge >= 0.3 is 0 Å². The molecule has 5 nitrogen and oxygen atoms in total. The summed E-state index contributed by atoms with van der Waals surface area (Å²) in [5, 5.41) is 0. The van der Waals surface area contributed by atoms with E-state index in [1.807, 2.05) is 32.0 Å². The minimum absolute atomic E-state index is 0.0371. The summed E-state index contributed by atoms with van der Waals surface area (Å²) in [5.41, 5.74) is 0.657. The van der Waals surface area contributed by atoms with Gasteiger partial charge in [-0.3, -0.25) is 14.5 Å². The van der Waals surface area contributed by atoms with Gasteiger partial charge in [0.05, 0.1) is 5.69 Å². The lowest BCUT2D eigenvalue weighted by Crippen LogP contribution is -2.51. The highest BCUT2D eigenvalue weighted by molar-refractivity contribution is 6.03. The van der Waals surface area contributed by atoms with Crippen LogP contribution in [0.3, 0.4) is 0 Å². The normalized spacial score (nSPS) is 17.8. The Bertz CT molecular complexity index is 526. The van der Waals surface area contributed by atoms with E-state index in [-0.39, 0.29) is 24.3 Å². The van der Waals surface area contributed by atoms with Crippen molar-refractivity contribution in [3.63, 3.8) is 0 Å². The molecule has 1 aliphatic rings. The lowest BCUT2D eigenvalue weighted by molar-refractivity contribution is -0.132. The van der Waals surface area contributed by atoms with Crippen molar-refractivity contribution in [2.75, 3.05) is 25.5 Å². The highest BCUT2D eigenvalue weighted by Gasteiger charge is 2.37. The molecular formula is C15H20N2O3. The third-order valence-electron chi connectivity index (χ3n) is 3.32. The second-order valence-corrected chi connectivity index (χ2v) is 5.46. The van der Waals surface area contributed by atoms with Crippen molar-refractivity contribution < 1.29 is 14.3 Å². The number of amides is 2. The average molecular weight is 276 g/mol. The lowest BCUT2D eigenvalue weighted by atomic mass is 10.0. The number of likely N-dealkylation sites (N-methyl/N-ethyl adjacent to an activating group) is 1. The van der Waals surface area contributed by atoms with Crippen LogP contribution in [0.2, 0.25) is 0 Å². The first kappa shape index (κ1) is 14.4. The fourth-order valence-electron chi connectivity index (χ4n) is 2.10. The molecule has 0 saturated carbocycles. The highest BCUT2D eigenvalue weighted by atomic mass is 16.5. The average Bonchev–Trinajstić information content (AvgIpc) is 2.40. The number of nitrogens with zero attached hydrogens (tertiary/aromatic N) is 2.